The van der Waals surface area contributed by atoms with E-state index in [-0.39, 0.29) is 18.4 Å². The molecule has 0 aliphatic carbocycles. The highest BCUT2D eigenvalue weighted by Gasteiger charge is 2.27. The van der Waals surface area contributed by atoms with Crippen LogP contribution in [0.25, 0.3) is 21.9 Å². The van der Waals surface area contributed by atoms with E-state index in [1.807, 2.05) is 59.3 Å². The molecule has 1 unspecified atom stereocenters. The molecule has 1 atom stereocenters. The quantitative estimate of drug-likeness (QED) is 0.166. The number of ketones is 1. The largest absolute Gasteiger partial charge is 0.456 e. The van der Waals surface area contributed by atoms with Gasteiger partial charge in [-0.25, -0.2) is 9.13 Å². The van der Waals surface area contributed by atoms with E-state index in [1.54, 1.807) is 0 Å². The van der Waals surface area contributed by atoms with Crippen LogP contribution in [0.3, 0.4) is 0 Å². The Morgan fingerprint density at radius 1 is 0.861 bits per heavy atom. The van der Waals surface area contributed by atoms with Crippen LogP contribution in [0.1, 0.15) is 33.4 Å². The number of para-hydroxylation sites is 1. The Labute approximate surface area is 217 Å². The summed E-state index contributed by atoms with van der Waals surface area (Å²) in [6, 6.07) is 32.5. The van der Waals surface area contributed by atoms with Crippen molar-refractivity contribution in [2.75, 3.05) is 0 Å². The molecule has 0 radical (unpaired) electrons. The molecule has 36 heavy (non-hydrogen) atoms. The van der Waals surface area contributed by atoms with E-state index < -0.39 is 0 Å². The van der Waals surface area contributed by atoms with Crippen molar-refractivity contribution >= 4 is 43.7 Å². The van der Waals surface area contributed by atoms with Crippen molar-refractivity contribution in [2.45, 2.75) is 19.5 Å². The van der Waals surface area contributed by atoms with Crippen LogP contribution < -0.4 is 4.57 Å². The van der Waals surface area contributed by atoms with E-state index in [0.717, 1.165) is 37.8 Å². The molecule has 5 heteroatoms. The molecule has 0 amide bonds. The first kappa shape index (κ1) is 22.5. The van der Waals surface area contributed by atoms with Gasteiger partial charge in [0.05, 0.1) is 0 Å². The van der Waals surface area contributed by atoms with Gasteiger partial charge in [-0.05, 0) is 30.3 Å². The van der Waals surface area contributed by atoms with Crippen LogP contribution in [-0.4, -0.2) is 10.4 Å². The third kappa shape index (κ3) is 4.06. The first-order chi connectivity index (χ1) is 17.6. The Morgan fingerprint density at radius 3 is 2.39 bits per heavy atom. The Bertz CT molecular complexity index is 1700. The molecule has 2 heterocycles. The molecule has 0 bridgehead atoms. The van der Waals surface area contributed by atoms with E-state index in [9.17, 15) is 4.79 Å². The molecule has 2 aromatic heterocycles. The van der Waals surface area contributed by atoms with Crippen molar-refractivity contribution in [1.29, 1.82) is 0 Å². The minimum absolute atomic E-state index is 0.0479. The van der Waals surface area contributed by atoms with Crippen LogP contribution in [0.4, 0.5) is 0 Å². The lowest BCUT2D eigenvalue weighted by Gasteiger charge is -2.17. The molecule has 4 aromatic carbocycles. The van der Waals surface area contributed by atoms with Gasteiger partial charge < -0.3 is 4.42 Å². The zero-order valence-electron chi connectivity index (χ0n) is 19.8. The van der Waals surface area contributed by atoms with Gasteiger partial charge in [-0.1, -0.05) is 82.7 Å². The van der Waals surface area contributed by atoms with Crippen LogP contribution in [0.2, 0.25) is 0 Å². The Hall–Kier alpha value is -3.96. The van der Waals surface area contributed by atoms with Gasteiger partial charge in [-0.15, -0.1) is 0 Å². The first-order valence-corrected chi connectivity index (χ1v) is 12.7. The summed E-state index contributed by atoms with van der Waals surface area (Å²) in [5, 5.41) is 2.22. The summed E-state index contributed by atoms with van der Waals surface area (Å²) in [5.41, 5.74) is 4.81. The van der Waals surface area contributed by atoms with Gasteiger partial charge in [0.1, 0.15) is 23.6 Å². The summed E-state index contributed by atoms with van der Waals surface area (Å²) in [5.74, 6) is 1.09. The fraction of sp³-hybridized carbons (Fsp3) is 0.0968. The van der Waals surface area contributed by atoms with Crippen LogP contribution in [-0.2, 0) is 6.54 Å². The standard InChI is InChI=1S/C31H24BrN2O2/c1-21-33(20-28(35)22-11-14-25(32)15-12-22)17-18-34(21)31(23-7-3-2-4-8-23)24-13-16-30-27(19-24)26-9-5-6-10-29(26)36-30/h2-19,31H,20H2,1H3/q+1. The molecule has 176 valence electrons. The van der Waals surface area contributed by atoms with Crippen LogP contribution in [0.15, 0.2) is 118 Å². The molecule has 0 saturated heterocycles. The molecule has 0 aliphatic heterocycles. The number of carbonyl (C=O) groups excluding carboxylic acids is 1. The highest BCUT2D eigenvalue weighted by atomic mass is 79.9. The maximum absolute atomic E-state index is 13.0. The van der Waals surface area contributed by atoms with E-state index in [2.05, 4.69) is 82.1 Å². The topological polar surface area (TPSA) is 39.0 Å². The number of imidazole rings is 1. The maximum atomic E-state index is 13.0. The summed E-state index contributed by atoms with van der Waals surface area (Å²) >= 11 is 3.44. The van der Waals surface area contributed by atoms with Crippen LogP contribution in [0, 0.1) is 6.92 Å². The molecule has 0 aliphatic rings. The summed E-state index contributed by atoms with van der Waals surface area (Å²) in [7, 11) is 0. The Balaban J connectivity index is 1.43. The Kier molecular flexibility index (Phi) is 5.78. The average molecular weight is 536 g/mol. The molecule has 6 rings (SSSR count). The zero-order chi connectivity index (χ0) is 24.6. The molecule has 0 saturated carbocycles. The number of hydrogen-bond donors (Lipinski definition) is 0. The number of benzene rings is 4. The molecule has 4 nitrogen and oxygen atoms in total. The van der Waals surface area contributed by atoms with Crippen molar-refractivity contribution < 1.29 is 13.8 Å². The summed E-state index contributed by atoms with van der Waals surface area (Å²) < 4.78 is 11.3. The van der Waals surface area contributed by atoms with Crippen molar-refractivity contribution in [3.63, 3.8) is 0 Å². The minimum atomic E-state index is -0.0479. The van der Waals surface area contributed by atoms with Gasteiger partial charge in [-0.2, -0.15) is 0 Å². The maximum Gasteiger partial charge on any atom is 0.254 e. The highest BCUT2D eigenvalue weighted by Crippen LogP contribution is 2.34. The van der Waals surface area contributed by atoms with Crippen molar-refractivity contribution in [1.82, 2.24) is 4.57 Å². The second-order valence-electron chi connectivity index (χ2n) is 8.98. The SMILES string of the molecule is Cc1n(C(c2ccccc2)c2ccc3oc4ccccc4c3c2)cc[n+]1CC(=O)c1ccc(Br)cc1. The second kappa shape index (κ2) is 9.25. The third-order valence-electron chi connectivity index (χ3n) is 6.79. The molecule has 6 aromatic rings. The number of rotatable bonds is 6. The van der Waals surface area contributed by atoms with Gasteiger partial charge >= 0.3 is 0 Å². The molecule has 0 spiro atoms. The molecular formula is C31H24BrN2O2+. The number of furan rings is 1. The van der Waals surface area contributed by atoms with Crippen LogP contribution >= 0.6 is 15.9 Å². The molecular weight excluding hydrogens is 512 g/mol. The summed E-state index contributed by atoms with van der Waals surface area (Å²) in [6.45, 7) is 2.35. The van der Waals surface area contributed by atoms with Crippen LogP contribution in [0.5, 0.6) is 0 Å². The lowest BCUT2D eigenvalue weighted by atomic mass is 9.96. The Morgan fingerprint density at radius 2 is 1.58 bits per heavy atom. The first-order valence-electron chi connectivity index (χ1n) is 11.9. The zero-order valence-corrected chi connectivity index (χ0v) is 21.4. The number of Topliss-reactive ketones (excluding diaryl/α,β-unsaturated/α-hetero) is 1. The number of carbonyl (C=O) groups is 1. The smallest absolute Gasteiger partial charge is 0.254 e. The van der Waals surface area contributed by atoms with Gasteiger partial charge in [0.15, 0.2) is 12.6 Å². The molecule has 0 N–H and O–H groups in total. The number of aromatic nitrogens is 2. The van der Waals surface area contributed by atoms with Gasteiger partial charge in [0, 0.05) is 38.9 Å². The van der Waals surface area contributed by atoms with Crippen molar-refractivity contribution in [2.24, 2.45) is 0 Å². The third-order valence-corrected chi connectivity index (χ3v) is 7.32. The molecule has 0 fully saturated rings. The number of halogens is 1. The van der Waals surface area contributed by atoms with E-state index in [4.69, 9.17) is 4.42 Å². The van der Waals surface area contributed by atoms with Crippen molar-refractivity contribution in [3.05, 3.63) is 136 Å². The number of fused-ring (bicyclic) bond motifs is 3. The van der Waals surface area contributed by atoms with E-state index in [1.165, 1.54) is 5.56 Å². The fourth-order valence-corrected chi connectivity index (χ4v) is 5.17. The summed E-state index contributed by atoms with van der Waals surface area (Å²) in [4.78, 5) is 13.0. The average Bonchev–Trinajstić information content (AvgIpc) is 3.45. The number of nitrogens with zero attached hydrogens (tertiary/aromatic N) is 2. The lowest BCUT2D eigenvalue weighted by molar-refractivity contribution is -0.688. The minimum Gasteiger partial charge on any atom is -0.456 e. The lowest BCUT2D eigenvalue weighted by Crippen LogP contribution is -2.40. The van der Waals surface area contributed by atoms with Gasteiger partial charge in [0.2, 0.25) is 5.78 Å². The fourth-order valence-electron chi connectivity index (χ4n) is 4.90. The highest BCUT2D eigenvalue weighted by molar-refractivity contribution is 9.10. The van der Waals surface area contributed by atoms with Gasteiger partial charge in [0.25, 0.3) is 5.82 Å². The normalized spacial score (nSPS) is 12.3. The summed E-state index contributed by atoms with van der Waals surface area (Å²) in [6.07, 6.45) is 4.06. The monoisotopic (exact) mass is 535 g/mol. The number of hydrogen-bond acceptors (Lipinski definition) is 2. The predicted molar refractivity (Wildman–Crippen MR) is 145 cm³/mol. The predicted octanol–water partition coefficient (Wildman–Crippen LogP) is 7.27. The van der Waals surface area contributed by atoms with E-state index in [0.29, 0.717) is 5.56 Å². The van der Waals surface area contributed by atoms with Gasteiger partial charge in [-0.3, -0.25) is 4.79 Å². The second-order valence-corrected chi connectivity index (χ2v) is 9.89. The van der Waals surface area contributed by atoms with E-state index >= 15 is 0 Å². The van der Waals surface area contributed by atoms with Crippen molar-refractivity contribution in [3.8, 4) is 0 Å².